The average molecular weight is 218 g/mol. The van der Waals surface area contributed by atoms with Crippen molar-refractivity contribution in [1.29, 1.82) is 0 Å². The van der Waals surface area contributed by atoms with Crippen LogP contribution in [0.4, 0.5) is 0 Å². The highest BCUT2D eigenvalue weighted by molar-refractivity contribution is 7.85. The van der Waals surface area contributed by atoms with Crippen LogP contribution in [0.25, 0.3) is 0 Å². The lowest BCUT2D eigenvalue weighted by atomic mass is 9.87. The SMILES string of the molecule is CS(=O)(=O)OCCC1CC2CCC1C2. The number of hydrogen-bond donors (Lipinski definition) is 0. The van der Waals surface area contributed by atoms with Gasteiger partial charge in [-0.2, -0.15) is 8.42 Å². The van der Waals surface area contributed by atoms with Crippen molar-refractivity contribution in [3.8, 4) is 0 Å². The molecule has 0 spiro atoms. The van der Waals surface area contributed by atoms with Gasteiger partial charge in [-0.25, -0.2) is 0 Å². The minimum absolute atomic E-state index is 0.382. The van der Waals surface area contributed by atoms with E-state index in [1.807, 2.05) is 0 Å². The third kappa shape index (κ3) is 2.48. The van der Waals surface area contributed by atoms with E-state index in [0.717, 1.165) is 30.4 Å². The predicted octanol–water partition coefficient (Wildman–Crippen LogP) is 1.79. The largest absolute Gasteiger partial charge is 0.270 e. The van der Waals surface area contributed by atoms with E-state index < -0.39 is 10.1 Å². The Bertz CT molecular complexity index is 296. The molecule has 0 aromatic rings. The lowest BCUT2D eigenvalue weighted by Crippen LogP contribution is -2.14. The Morgan fingerprint density at radius 3 is 2.57 bits per heavy atom. The third-order valence-corrected chi connectivity index (χ3v) is 4.27. The van der Waals surface area contributed by atoms with Gasteiger partial charge in [0.15, 0.2) is 0 Å². The van der Waals surface area contributed by atoms with Gasteiger partial charge in [0.2, 0.25) is 0 Å². The number of fused-ring (bicyclic) bond motifs is 2. The van der Waals surface area contributed by atoms with E-state index in [4.69, 9.17) is 4.18 Å². The zero-order valence-electron chi connectivity index (χ0n) is 8.61. The lowest BCUT2D eigenvalue weighted by Gasteiger charge is -2.20. The Hall–Kier alpha value is -0.0900. The van der Waals surface area contributed by atoms with Crippen molar-refractivity contribution in [3.05, 3.63) is 0 Å². The molecule has 2 aliphatic carbocycles. The highest BCUT2D eigenvalue weighted by atomic mass is 32.2. The Morgan fingerprint density at radius 1 is 1.29 bits per heavy atom. The molecule has 2 aliphatic rings. The highest BCUT2D eigenvalue weighted by Crippen LogP contribution is 2.49. The quantitative estimate of drug-likeness (QED) is 0.676. The van der Waals surface area contributed by atoms with E-state index in [1.165, 1.54) is 25.7 Å². The summed E-state index contributed by atoms with van der Waals surface area (Å²) in [6, 6.07) is 0. The lowest BCUT2D eigenvalue weighted by molar-refractivity contribution is 0.239. The summed E-state index contributed by atoms with van der Waals surface area (Å²) >= 11 is 0. The van der Waals surface area contributed by atoms with E-state index in [0.29, 0.717) is 6.61 Å². The van der Waals surface area contributed by atoms with E-state index in [1.54, 1.807) is 0 Å². The van der Waals surface area contributed by atoms with Crippen molar-refractivity contribution < 1.29 is 12.6 Å². The Morgan fingerprint density at radius 2 is 2.07 bits per heavy atom. The zero-order valence-corrected chi connectivity index (χ0v) is 9.42. The van der Waals surface area contributed by atoms with Crippen molar-refractivity contribution in [2.75, 3.05) is 12.9 Å². The summed E-state index contributed by atoms with van der Waals surface area (Å²) < 4.78 is 26.3. The van der Waals surface area contributed by atoms with Crippen LogP contribution >= 0.6 is 0 Å². The zero-order chi connectivity index (χ0) is 10.2. The highest BCUT2D eigenvalue weighted by Gasteiger charge is 2.38. The number of hydrogen-bond acceptors (Lipinski definition) is 3. The van der Waals surface area contributed by atoms with Crippen LogP contribution in [0.15, 0.2) is 0 Å². The fourth-order valence-corrected chi connectivity index (χ4v) is 3.48. The fourth-order valence-electron chi connectivity index (χ4n) is 3.08. The normalized spacial score (nSPS) is 36.5. The van der Waals surface area contributed by atoms with E-state index in [-0.39, 0.29) is 0 Å². The van der Waals surface area contributed by atoms with Crippen molar-refractivity contribution in [3.63, 3.8) is 0 Å². The van der Waals surface area contributed by atoms with E-state index in [2.05, 4.69) is 0 Å². The van der Waals surface area contributed by atoms with Gasteiger partial charge in [0.1, 0.15) is 0 Å². The Balaban J connectivity index is 1.72. The van der Waals surface area contributed by atoms with Crippen LogP contribution in [-0.2, 0) is 14.3 Å². The van der Waals surface area contributed by atoms with Gasteiger partial charge in [-0.05, 0) is 43.4 Å². The second kappa shape index (κ2) is 3.81. The maximum absolute atomic E-state index is 10.7. The second-order valence-electron chi connectivity index (χ2n) is 4.75. The Kier molecular flexibility index (Phi) is 2.84. The van der Waals surface area contributed by atoms with Crippen LogP contribution in [0.1, 0.15) is 32.1 Å². The minimum Gasteiger partial charge on any atom is -0.270 e. The molecule has 2 rings (SSSR count). The van der Waals surface area contributed by atoms with Crippen molar-refractivity contribution in [2.45, 2.75) is 32.1 Å². The fraction of sp³-hybridized carbons (Fsp3) is 1.00. The molecule has 0 aromatic carbocycles. The molecule has 0 heterocycles. The Labute approximate surface area is 86.0 Å². The first-order valence-corrected chi connectivity index (χ1v) is 7.20. The molecular formula is C10H18O3S. The second-order valence-corrected chi connectivity index (χ2v) is 6.39. The van der Waals surface area contributed by atoms with Crippen LogP contribution in [0.2, 0.25) is 0 Å². The van der Waals surface area contributed by atoms with Gasteiger partial charge < -0.3 is 0 Å². The summed E-state index contributed by atoms with van der Waals surface area (Å²) in [6.07, 6.45) is 7.48. The van der Waals surface area contributed by atoms with Crippen LogP contribution in [-0.4, -0.2) is 21.3 Å². The first-order chi connectivity index (χ1) is 6.54. The van der Waals surface area contributed by atoms with Gasteiger partial charge >= 0.3 is 0 Å². The van der Waals surface area contributed by atoms with Crippen LogP contribution in [0.5, 0.6) is 0 Å². The van der Waals surface area contributed by atoms with Crippen LogP contribution in [0, 0.1) is 17.8 Å². The summed E-state index contributed by atoms with van der Waals surface area (Å²) in [7, 11) is -3.23. The molecule has 4 heteroatoms. The maximum Gasteiger partial charge on any atom is 0.264 e. The molecule has 2 fully saturated rings. The van der Waals surface area contributed by atoms with Crippen LogP contribution < -0.4 is 0 Å². The monoisotopic (exact) mass is 218 g/mol. The molecule has 0 aliphatic heterocycles. The molecular weight excluding hydrogens is 200 g/mol. The molecule has 3 unspecified atom stereocenters. The minimum atomic E-state index is -3.23. The van der Waals surface area contributed by atoms with Crippen molar-refractivity contribution in [2.24, 2.45) is 17.8 Å². The summed E-state index contributed by atoms with van der Waals surface area (Å²) in [5, 5.41) is 0. The molecule has 2 bridgehead atoms. The van der Waals surface area contributed by atoms with Gasteiger partial charge in [0, 0.05) is 0 Å². The summed E-state index contributed by atoms with van der Waals surface area (Å²) in [5.74, 6) is 2.53. The van der Waals surface area contributed by atoms with Gasteiger partial charge in [0.05, 0.1) is 12.9 Å². The van der Waals surface area contributed by atoms with Crippen molar-refractivity contribution in [1.82, 2.24) is 0 Å². The first kappa shape index (κ1) is 10.4. The maximum atomic E-state index is 10.7. The van der Waals surface area contributed by atoms with Gasteiger partial charge in [-0.15, -0.1) is 0 Å². The molecule has 3 nitrogen and oxygen atoms in total. The topological polar surface area (TPSA) is 43.4 Å². The predicted molar refractivity (Wildman–Crippen MR) is 54.4 cm³/mol. The summed E-state index contributed by atoms with van der Waals surface area (Å²) in [4.78, 5) is 0. The first-order valence-electron chi connectivity index (χ1n) is 5.39. The standard InChI is InChI=1S/C10H18O3S/c1-14(11,12)13-5-4-10-7-8-2-3-9(10)6-8/h8-10H,2-7H2,1H3. The van der Waals surface area contributed by atoms with Crippen LogP contribution in [0.3, 0.4) is 0 Å². The molecule has 0 aromatic heterocycles. The van der Waals surface area contributed by atoms with Gasteiger partial charge in [-0.3, -0.25) is 4.18 Å². The van der Waals surface area contributed by atoms with Gasteiger partial charge in [0.25, 0.3) is 10.1 Å². The molecule has 3 atom stereocenters. The summed E-state index contributed by atoms with van der Waals surface area (Å²) in [5.41, 5.74) is 0. The molecule has 0 radical (unpaired) electrons. The molecule has 14 heavy (non-hydrogen) atoms. The smallest absolute Gasteiger partial charge is 0.264 e. The summed E-state index contributed by atoms with van der Waals surface area (Å²) in [6.45, 7) is 0.382. The van der Waals surface area contributed by atoms with Gasteiger partial charge in [-0.1, -0.05) is 6.42 Å². The third-order valence-electron chi connectivity index (χ3n) is 3.67. The van der Waals surface area contributed by atoms with E-state index >= 15 is 0 Å². The van der Waals surface area contributed by atoms with E-state index in [9.17, 15) is 8.42 Å². The molecule has 0 amide bonds. The van der Waals surface area contributed by atoms with Crippen molar-refractivity contribution >= 4 is 10.1 Å². The molecule has 0 saturated heterocycles. The molecule has 82 valence electrons. The molecule has 0 N–H and O–H groups in total. The number of rotatable bonds is 4. The average Bonchev–Trinajstić information content (AvgIpc) is 2.62. The molecule has 2 saturated carbocycles.